The summed E-state index contributed by atoms with van der Waals surface area (Å²) in [6, 6.07) is 19.2. The molecule has 4 amide bonds. The largest absolute Gasteiger partial charge is 0.336 e. The Morgan fingerprint density at radius 1 is 1.00 bits per heavy atom. The predicted octanol–water partition coefficient (Wildman–Crippen LogP) is 2.67. The van der Waals surface area contributed by atoms with E-state index in [0.29, 0.717) is 35.7 Å². The van der Waals surface area contributed by atoms with Gasteiger partial charge in [-0.25, -0.2) is 0 Å². The second-order valence-electron chi connectivity index (χ2n) is 8.52. The molecule has 35 heavy (non-hydrogen) atoms. The van der Waals surface area contributed by atoms with Crippen LogP contribution in [0.2, 0.25) is 0 Å². The lowest BCUT2D eigenvalue weighted by Crippen LogP contribution is -2.42. The highest BCUT2D eigenvalue weighted by Crippen LogP contribution is 2.30. The summed E-state index contributed by atoms with van der Waals surface area (Å²) in [6.07, 6.45) is 1.82. The number of hydrogen-bond donors (Lipinski definition) is 2. The monoisotopic (exact) mass is 469 g/mol. The van der Waals surface area contributed by atoms with Crippen LogP contribution in [0.1, 0.15) is 22.5 Å². The maximum absolute atomic E-state index is 13.1. The molecule has 1 saturated heterocycles. The van der Waals surface area contributed by atoms with Gasteiger partial charge in [-0.3, -0.25) is 29.1 Å². The molecule has 2 aliphatic rings. The Labute approximate surface area is 201 Å². The lowest BCUT2D eigenvalue weighted by atomic mass is 10.1. The molecule has 0 aliphatic carbocycles. The van der Waals surface area contributed by atoms with Crippen LogP contribution in [0, 0.1) is 5.92 Å². The van der Waals surface area contributed by atoms with E-state index in [9.17, 15) is 19.2 Å². The molecule has 9 heteroatoms. The summed E-state index contributed by atoms with van der Waals surface area (Å²) in [7, 11) is 0. The number of carbonyl (C=O) groups is 4. The highest BCUT2D eigenvalue weighted by atomic mass is 16.2. The molecule has 9 nitrogen and oxygen atoms in total. The Kier molecular flexibility index (Phi) is 5.97. The maximum atomic E-state index is 13.1. The number of anilines is 3. The molecule has 2 N–H and O–H groups in total. The van der Waals surface area contributed by atoms with Crippen LogP contribution in [0.4, 0.5) is 17.1 Å². The highest BCUT2D eigenvalue weighted by molar-refractivity contribution is 6.15. The Balaban J connectivity index is 1.22. The summed E-state index contributed by atoms with van der Waals surface area (Å²) < 4.78 is 0. The van der Waals surface area contributed by atoms with Gasteiger partial charge in [-0.2, -0.15) is 0 Å². The van der Waals surface area contributed by atoms with E-state index in [2.05, 4.69) is 15.6 Å². The number of aromatic nitrogens is 1. The van der Waals surface area contributed by atoms with E-state index in [4.69, 9.17) is 0 Å². The van der Waals surface area contributed by atoms with Crippen LogP contribution < -0.4 is 15.5 Å². The van der Waals surface area contributed by atoms with Crippen LogP contribution in [0.5, 0.6) is 0 Å². The topological polar surface area (TPSA) is 112 Å². The van der Waals surface area contributed by atoms with Gasteiger partial charge in [0.1, 0.15) is 6.54 Å². The second-order valence-corrected chi connectivity index (χ2v) is 8.52. The number of para-hydroxylation sites is 2. The minimum atomic E-state index is -0.462. The van der Waals surface area contributed by atoms with Crippen LogP contribution in [-0.4, -0.2) is 46.6 Å². The zero-order valence-electron chi connectivity index (χ0n) is 18.8. The minimum absolute atomic E-state index is 0.0704. The van der Waals surface area contributed by atoms with Gasteiger partial charge in [0.05, 0.1) is 29.5 Å². The number of pyridine rings is 1. The Hall–Kier alpha value is -4.53. The fraction of sp³-hybridized carbons (Fsp3) is 0.192. The van der Waals surface area contributed by atoms with Crippen LogP contribution in [-0.2, 0) is 20.9 Å². The van der Waals surface area contributed by atoms with Gasteiger partial charge in [0.15, 0.2) is 0 Å². The van der Waals surface area contributed by atoms with E-state index in [1.54, 1.807) is 59.6 Å². The number of rotatable bonds is 5. The van der Waals surface area contributed by atoms with Crippen molar-refractivity contribution in [3.8, 4) is 0 Å². The third-order valence-corrected chi connectivity index (χ3v) is 6.08. The van der Waals surface area contributed by atoms with Gasteiger partial charge < -0.3 is 15.5 Å². The first-order chi connectivity index (χ1) is 17.0. The number of hydrogen-bond acceptors (Lipinski definition) is 5. The molecule has 0 bridgehead atoms. The maximum Gasteiger partial charge on any atom is 0.258 e. The van der Waals surface area contributed by atoms with Crippen LogP contribution in [0.25, 0.3) is 0 Å². The molecule has 1 unspecified atom stereocenters. The molecule has 1 fully saturated rings. The van der Waals surface area contributed by atoms with E-state index in [1.165, 1.54) is 4.90 Å². The third-order valence-electron chi connectivity index (χ3n) is 6.08. The Morgan fingerprint density at radius 3 is 2.54 bits per heavy atom. The van der Waals surface area contributed by atoms with Crippen LogP contribution in [0.15, 0.2) is 72.9 Å². The minimum Gasteiger partial charge on any atom is -0.336 e. The van der Waals surface area contributed by atoms with E-state index in [0.717, 1.165) is 5.69 Å². The molecular weight excluding hydrogens is 446 g/mol. The van der Waals surface area contributed by atoms with E-state index in [-0.39, 0.29) is 36.6 Å². The first-order valence-corrected chi connectivity index (χ1v) is 11.3. The highest BCUT2D eigenvalue weighted by Gasteiger charge is 2.34. The van der Waals surface area contributed by atoms with E-state index >= 15 is 0 Å². The van der Waals surface area contributed by atoms with Crippen molar-refractivity contribution in [2.45, 2.75) is 13.0 Å². The summed E-state index contributed by atoms with van der Waals surface area (Å²) in [5, 5.41) is 5.60. The zero-order chi connectivity index (χ0) is 24.4. The van der Waals surface area contributed by atoms with Crippen molar-refractivity contribution in [1.82, 2.24) is 9.88 Å². The summed E-state index contributed by atoms with van der Waals surface area (Å²) in [5.74, 6) is -1.36. The number of likely N-dealkylation sites (tertiary alicyclic amines) is 1. The average Bonchev–Trinajstić information content (AvgIpc) is 3.24. The molecule has 1 atom stereocenters. The lowest BCUT2D eigenvalue weighted by molar-refractivity contribution is -0.128. The van der Waals surface area contributed by atoms with E-state index < -0.39 is 5.92 Å². The quantitative estimate of drug-likeness (QED) is 0.597. The number of fused-ring (bicyclic) bond motifs is 1. The molecule has 3 heterocycles. The molecule has 1 aromatic heterocycles. The van der Waals surface area contributed by atoms with Crippen LogP contribution >= 0.6 is 0 Å². The van der Waals surface area contributed by atoms with Crippen molar-refractivity contribution in [3.05, 3.63) is 84.2 Å². The first kappa shape index (κ1) is 22.3. The van der Waals surface area contributed by atoms with Crippen molar-refractivity contribution in [2.24, 2.45) is 5.92 Å². The third kappa shape index (κ3) is 4.74. The van der Waals surface area contributed by atoms with E-state index in [1.807, 2.05) is 18.2 Å². The van der Waals surface area contributed by atoms with Gasteiger partial charge in [-0.1, -0.05) is 18.2 Å². The van der Waals surface area contributed by atoms with Gasteiger partial charge in [-0.05, 0) is 48.5 Å². The number of amides is 4. The Morgan fingerprint density at radius 2 is 1.77 bits per heavy atom. The fourth-order valence-corrected chi connectivity index (χ4v) is 4.30. The molecule has 2 aromatic carbocycles. The fourth-order valence-electron chi connectivity index (χ4n) is 4.30. The SMILES string of the molecule is O=C1CN(C(=O)c2ccc(NC(=O)C3CC(=O)N(Cc4ccccn4)C3)cc2)c2ccccc2N1. The van der Waals surface area contributed by atoms with Gasteiger partial charge in [0, 0.05) is 30.4 Å². The first-order valence-electron chi connectivity index (χ1n) is 11.3. The number of nitrogens with zero attached hydrogens (tertiary/aromatic N) is 3. The smallest absolute Gasteiger partial charge is 0.258 e. The van der Waals surface area contributed by atoms with Crippen molar-refractivity contribution in [1.29, 1.82) is 0 Å². The second kappa shape index (κ2) is 9.38. The van der Waals surface area contributed by atoms with Gasteiger partial charge >= 0.3 is 0 Å². The summed E-state index contributed by atoms with van der Waals surface area (Å²) in [6.45, 7) is 0.630. The number of benzene rings is 2. The summed E-state index contributed by atoms with van der Waals surface area (Å²) in [5.41, 5.74) is 2.92. The predicted molar refractivity (Wildman–Crippen MR) is 130 cm³/mol. The van der Waals surface area contributed by atoms with Crippen molar-refractivity contribution < 1.29 is 19.2 Å². The Bertz CT molecular complexity index is 1290. The molecule has 3 aromatic rings. The molecule has 0 spiro atoms. The zero-order valence-corrected chi connectivity index (χ0v) is 18.8. The summed E-state index contributed by atoms with van der Waals surface area (Å²) >= 11 is 0. The molecule has 2 aliphatic heterocycles. The van der Waals surface area contributed by atoms with Crippen LogP contribution in [0.3, 0.4) is 0 Å². The molecule has 5 rings (SSSR count). The van der Waals surface area contributed by atoms with Gasteiger partial charge in [0.25, 0.3) is 5.91 Å². The van der Waals surface area contributed by atoms with Crippen molar-refractivity contribution in [2.75, 3.05) is 28.6 Å². The van der Waals surface area contributed by atoms with Gasteiger partial charge in [-0.15, -0.1) is 0 Å². The van der Waals surface area contributed by atoms with Gasteiger partial charge in [0.2, 0.25) is 17.7 Å². The average molecular weight is 470 g/mol. The standard InChI is InChI=1S/C26H23N5O4/c32-23-16-31(22-7-2-1-6-21(22)29-23)26(35)17-8-10-19(11-9-17)28-25(34)18-13-24(33)30(14-18)15-20-5-3-4-12-27-20/h1-12,18H,13-16H2,(H,28,34)(H,29,32). The van der Waals surface area contributed by atoms with Crippen molar-refractivity contribution >= 4 is 40.7 Å². The molecule has 0 radical (unpaired) electrons. The number of nitrogens with one attached hydrogen (secondary N) is 2. The normalized spacial score (nSPS) is 17.1. The van der Waals surface area contributed by atoms with Crippen molar-refractivity contribution in [3.63, 3.8) is 0 Å². The molecule has 0 saturated carbocycles. The lowest BCUT2D eigenvalue weighted by Gasteiger charge is -2.29. The number of carbonyl (C=O) groups excluding carboxylic acids is 4. The molecule has 176 valence electrons. The summed E-state index contributed by atoms with van der Waals surface area (Å²) in [4.78, 5) is 57.6. The molecular formula is C26H23N5O4.